The number of nitrogens with one attached hydrogen (secondary N) is 2. The summed E-state index contributed by atoms with van der Waals surface area (Å²) in [7, 11) is 0. The Bertz CT molecular complexity index is 720. The Balaban J connectivity index is 0.00000225. The van der Waals surface area contributed by atoms with E-state index in [0.29, 0.717) is 19.7 Å². The molecule has 2 aromatic rings. The molecule has 0 unspecified atom stereocenters. The van der Waals surface area contributed by atoms with E-state index in [4.69, 9.17) is 4.74 Å². The normalized spacial score (nSPS) is 20.0. The molecular weight excluding hydrogens is 347 g/mol. The van der Waals surface area contributed by atoms with Crippen molar-refractivity contribution in [1.82, 2.24) is 20.4 Å². The molecule has 0 spiro atoms. The maximum atomic E-state index is 13.0. The van der Waals surface area contributed by atoms with Gasteiger partial charge in [0.15, 0.2) is 0 Å². The number of carbonyl (C=O) groups excluding carboxylic acids is 1. The molecule has 1 amide bonds. The first-order valence-corrected chi connectivity index (χ1v) is 7.98. The molecular formula is C17H22ClFN4O2. The number of carbonyl (C=O) groups is 1. The molecule has 1 fully saturated rings. The van der Waals surface area contributed by atoms with Crippen LogP contribution >= 0.6 is 12.4 Å². The van der Waals surface area contributed by atoms with Crippen molar-refractivity contribution in [3.63, 3.8) is 0 Å². The summed E-state index contributed by atoms with van der Waals surface area (Å²) in [5, 5.41) is 10.5. The van der Waals surface area contributed by atoms with Crippen LogP contribution in [0.15, 0.2) is 30.5 Å². The van der Waals surface area contributed by atoms with Crippen LogP contribution in [0.4, 0.5) is 4.39 Å². The van der Waals surface area contributed by atoms with Crippen molar-refractivity contribution >= 4 is 18.3 Å². The number of amides is 1. The van der Waals surface area contributed by atoms with Crippen LogP contribution in [-0.2, 0) is 16.1 Å². The second-order valence-electron chi connectivity index (χ2n) is 5.89. The van der Waals surface area contributed by atoms with Gasteiger partial charge in [0.25, 0.3) is 0 Å². The minimum Gasteiger partial charge on any atom is -0.375 e. The lowest BCUT2D eigenvalue weighted by molar-refractivity contribution is -0.129. The number of benzene rings is 1. The van der Waals surface area contributed by atoms with Crippen LogP contribution in [0, 0.1) is 12.7 Å². The van der Waals surface area contributed by atoms with Gasteiger partial charge in [-0.05, 0) is 38.1 Å². The first kappa shape index (κ1) is 19.4. The van der Waals surface area contributed by atoms with Crippen molar-refractivity contribution in [3.05, 3.63) is 47.5 Å². The summed E-state index contributed by atoms with van der Waals surface area (Å²) in [6, 6.07) is 5.77. The molecule has 0 radical (unpaired) electrons. The highest BCUT2D eigenvalue weighted by Gasteiger charge is 2.28. The van der Waals surface area contributed by atoms with Gasteiger partial charge >= 0.3 is 0 Å². The van der Waals surface area contributed by atoms with Crippen LogP contribution in [0.25, 0.3) is 5.69 Å². The number of morpholine rings is 1. The SMILES string of the molecule is Cc1nn(-c2ccc(F)cc2)cc1CNC(=O)[C@H]1NCCO[C@@H]1C.Cl. The highest BCUT2D eigenvalue weighted by atomic mass is 35.5. The second-order valence-corrected chi connectivity index (χ2v) is 5.89. The van der Waals surface area contributed by atoms with Crippen molar-refractivity contribution in [2.75, 3.05) is 13.2 Å². The van der Waals surface area contributed by atoms with E-state index in [1.807, 2.05) is 20.0 Å². The number of ether oxygens (including phenoxy) is 1. The second kappa shape index (κ2) is 8.42. The van der Waals surface area contributed by atoms with Gasteiger partial charge in [-0.1, -0.05) is 0 Å². The van der Waals surface area contributed by atoms with E-state index in [1.165, 1.54) is 12.1 Å². The fraction of sp³-hybridized carbons (Fsp3) is 0.412. The average Bonchev–Trinajstić information content (AvgIpc) is 2.94. The first-order valence-electron chi connectivity index (χ1n) is 7.98. The number of aromatic nitrogens is 2. The maximum Gasteiger partial charge on any atom is 0.240 e. The molecule has 3 rings (SSSR count). The predicted molar refractivity (Wildman–Crippen MR) is 94.6 cm³/mol. The van der Waals surface area contributed by atoms with Crippen LogP contribution in [0.1, 0.15) is 18.2 Å². The minimum absolute atomic E-state index is 0. The Morgan fingerprint density at radius 1 is 1.44 bits per heavy atom. The maximum absolute atomic E-state index is 13.0. The molecule has 8 heteroatoms. The van der Waals surface area contributed by atoms with Crippen molar-refractivity contribution in [1.29, 1.82) is 0 Å². The van der Waals surface area contributed by atoms with Crippen LogP contribution in [0.5, 0.6) is 0 Å². The summed E-state index contributed by atoms with van der Waals surface area (Å²) in [6.45, 7) is 5.44. The molecule has 2 N–H and O–H groups in total. The number of hydrogen-bond donors (Lipinski definition) is 2. The smallest absolute Gasteiger partial charge is 0.240 e. The molecule has 0 saturated carbocycles. The highest BCUT2D eigenvalue weighted by molar-refractivity contribution is 5.85. The van der Waals surface area contributed by atoms with E-state index >= 15 is 0 Å². The van der Waals surface area contributed by atoms with Gasteiger partial charge in [0.1, 0.15) is 11.9 Å². The van der Waals surface area contributed by atoms with E-state index < -0.39 is 0 Å². The molecule has 136 valence electrons. The van der Waals surface area contributed by atoms with Crippen LogP contribution in [0.2, 0.25) is 0 Å². The molecule has 1 aromatic heterocycles. The van der Waals surface area contributed by atoms with Crippen LogP contribution < -0.4 is 10.6 Å². The lowest BCUT2D eigenvalue weighted by Crippen LogP contribution is -2.55. The van der Waals surface area contributed by atoms with Gasteiger partial charge in [0.05, 0.1) is 24.1 Å². The number of hydrogen-bond acceptors (Lipinski definition) is 4. The van der Waals surface area contributed by atoms with Gasteiger partial charge in [0.2, 0.25) is 5.91 Å². The molecule has 25 heavy (non-hydrogen) atoms. The third-order valence-electron chi connectivity index (χ3n) is 4.14. The zero-order valence-corrected chi connectivity index (χ0v) is 15.0. The Morgan fingerprint density at radius 2 is 2.16 bits per heavy atom. The van der Waals surface area contributed by atoms with E-state index in [0.717, 1.165) is 16.9 Å². The molecule has 1 saturated heterocycles. The van der Waals surface area contributed by atoms with E-state index in [1.54, 1.807) is 16.8 Å². The first-order chi connectivity index (χ1) is 11.5. The van der Waals surface area contributed by atoms with Crippen molar-refractivity contribution in [2.24, 2.45) is 0 Å². The zero-order chi connectivity index (χ0) is 17.1. The highest BCUT2D eigenvalue weighted by Crippen LogP contribution is 2.13. The zero-order valence-electron chi connectivity index (χ0n) is 14.2. The molecule has 2 atom stereocenters. The molecule has 0 bridgehead atoms. The summed E-state index contributed by atoms with van der Waals surface area (Å²) in [5.41, 5.74) is 2.51. The standard InChI is InChI=1S/C17H21FN4O2.ClH/c1-11-13(9-20-17(23)16-12(2)24-8-7-19-16)10-22(21-11)15-5-3-14(18)4-6-15;/h3-6,10,12,16,19H,7-9H2,1-2H3,(H,20,23);1H/t12-,16+;/m1./s1. The van der Waals surface area contributed by atoms with Gasteiger partial charge in [0, 0.05) is 24.8 Å². The molecule has 1 aliphatic heterocycles. The molecule has 1 aromatic carbocycles. The molecule has 1 aliphatic rings. The van der Waals surface area contributed by atoms with Crippen LogP contribution in [-0.4, -0.2) is 41.0 Å². The predicted octanol–water partition coefficient (Wildman–Crippen LogP) is 1.73. The summed E-state index contributed by atoms with van der Waals surface area (Å²) in [4.78, 5) is 12.3. The topological polar surface area (TPSA) is 68.2 Å². The largest absolute Gasteiger partial charge is 0.375 e. The van der Waals surface area contributed by atoms with Gasteiger partial charge in [-0.3, -0.25) is 4.79 Å². The third-order valence-corrected chi connectivity index (χ3v) is 4.14. The average molecular weight is 369 g/mol. The van der Waals surface area contributed by atoms with E-state index in [-0.39, 0.29) is 36.3 Å². The lowest BCUT2D eigenvalue weighted by Gasteiger charge is -2.29. The van der Waals surface area contributed by atoms with Gasteiger partial charge < -0.3 is 15.4 Å². The fourth-order valence-corrected chi connectivity index (χ4v) is 2.71. The Morgan fingerprint density at radius 3 is 2.84 bits per heavy atom. The molecule has 2 heterocycles. The quantitative estimate of drug-likeness (QED) is 0.862. The fourth-order valence-electron chi connectivity index (χ4n) is 2.71. The molecule has 0 aliphatic carbocycles. The number of halogens is 2. The Hall–Kier alpha value is -1.96. The van der Waals surface area contributed by atoms with Gasteiger partial charge in [-0.25, -0.2) is 9.07 Å². The summed E-state index contributed by atoms with van der Waals surface area (Å²) < 4.78 is 20.2. The summed E-state index contributed by atoms with van der Waals surface area (Å²) in [5.74, 6) is -0.373. The lowest BCUT2D eigenvalue weighted by atomic mass is 10.1. The molecule has 6 nitrogen and oxygen atoms in total. The summed E-state index contributed by atoms with van der Waals surface area (Å²) in [6.07, 6.45) is 1.69. The van der Waals surface area contributed by atoms with E-state index in [9.17, 15) is 9.18 Å². The number of rotatable bonds is 4. The van der Waals surface area contributed by atoms with Crippen molar-refractivity contribution in [3.8, 4) is 5.69 Å². The minimum atomic E-state index is -0.341. The number of aryl methyl sites for hydroxylation is 1. The summed E-state index contributed by atoms with van der Waals surface area (Å²) >= 11 is 0. The Kier molecular flexibility index (Phi) is 6.52. The van der Waals surface area contributed by atoms with E-state index in [2.05, 4.69) is 15.7 Å². The third kappa shape index (κ3) is 4.56. The van der Waals surface area contributed by atoms with Crippen molar-refractivity contribution < 1.29 is 13.9 Å². The van der Waals surface area contributed by atoms with Crippen LogP contribution in [0.3, 0.4) is 0 Å². The monoisotopic (exact) mass is 368 g/mol. The Labute approximate surface area is 152 Å². The van der Waals surface area contributed by atoms with Gasteiger partial charge in [-0.15, -0.1) is 12.4 Å². The number of nitrogens with zero attached hydrogens (tertiary/aromatic N) is 2. The van der Waals surface area contributed by atoms with Gasteiger partial charge in [-0.2, -0.15) is 5.10 Å². The van der Waals surface area contributed by atoms with Crippen molar-refractivity contribution in [2.45, 2.75) is 32.5 Å².